The normalized spacial score (nSPS) is 12.8. The Morgan fingerprint density at radius 1 is 1.12 bits per heavy atom. The van der Waals surface area contributed by atoms with E-state index in [1.807, 2.05) is 24.3 Å². The summed E-state index contributed by atoms with van der Waals surface area (Å²) in [6.07, 6.45) is 0. The molecule has 8 nitrogen and oxygen atoms in total. The Bertz CT molecular complexity index is 924. The molecule has 1 aromatic heterocycles. The molecule has 0 unspecified atom stereocenters. The number of ether oxygens (including phenoxy) is 3. The maximum Gasteiger partial charge on any atom is 0.330 e. The van der Waals surface area contributed by atoms with Crippen LogP contribution < -0.4 is 10.1 Å². The van der Waals surface area contributed by atoms with Crippen molar-refractivity contribution in [2.24, 2.45) is 0 Å². The molecular weight excluding hydrogens is 460 g/mol. The summed E-state index contributed by atoms with van der Waals surface area (Å²) in [7, 11) is 0.810. The van der Waals surface area contributed by atoms with Gasteiger partial charge in [0.2, 0.25) is 0 Å². The Labute approximate surface area is 200 Å². The summed E-state index contributed by atoms with van der Waals surface area (Å²) in [6.45, 7) is 11.5. The van der Waals surface area contributed by atoms with Crippen molar-refractivity contribution in [3.8, 4) is 16.3 Å². The molecule has 0 bridgehead atoms. The lowest BCUT2D eigenvalue weighted by Gasteiger charge is -2.37. The summed E-state index contributed by atoms with van der Waals surface area (Å²) in [5.41, 5.74) is 1.10. The minimum atomic E-state index is -2.10. The minimum Gasteiger partial charge on any atom is -0.491 e. The number of nitrogens with one attached hydrogen (secondary N) is 1. The number of benzene rings is 1. The van der Waals surface area contributed by atoms with E-state index in [1.54, 1.807) is 12.5 Å². The Kier molecular flexibility index (Phi) is 9.59. The van der Waals surface area contributed by atoms with Crippen molar-refractivity contribution in [1.29, 1.82) is 0 Å². The van der Waals surface area contributed by atoms with Gasteiger partial charge in [-0.1, -0.05) is 20.8 Å². The molecule has 33 heavy (non-hydrogen) atoms. The zero-order valence-electron chi connectivity index (χ0n) is 20.4. The highest BCUT2D eigenvalue weighted by Crippen LogP contribution is 2.36. The van der Waals surface area contributed by atoms with Crippen LogP contribution in [0.1, 0.15) is 31.3 Å². The van der Waals surface area contributed by atoms with Crippen LogP contribution >= 0.6 is 11.3 Å². The fourth-order valence-electron chi connectivity index (χ4n) is 2.50. The topological polar surface area (TPSA) is 96.0 Å². The molecule has 0 radical (unpaired) electrons. The molecule has 10 heteroatoms. The number of thiazole rings is 1. The Hall–Kier alpha value is -2.27. The third kappa shape index (κ3) is 7.63. The summed E-state index contributed by atoms with van der Waals surface area (Å²) < 4.78 is 21.5. The van der Waals surface area contributed by atoms with Crippen molar-refractivity contribution < 1.29 is 28.2 Å². The predicted octanol–water partition coefficient (Wildman–Crippen LogP) is 4.13. The molecule has 182 valence electrons. The van der Waals surface area contributed by atoms with E-state index >= 15 is 0 Å². The molecule has 1 amide bonds. The molecule has 0 saturated heterocycles. The van der Waals surface area contributed by atoms with Gasteiger partial charge in [0, 0.05) is 18.1 Å². The van der Waals surface area contributed by atoms with Crippen molar-refractivity contribution >= 4 is 31.5 Å². The quantitative estimate of drug-likeness (QED) is 0.285. The highest BCUT2D eigenvalue weighted by molar-refractivity contribution is 7.13. The maximum absolute atomic E-state index is 12.8. The van der Waals surface area contributed by atoms with Gasteiger partial charge in [-0.25, -0.2) is 9.78 Å². The lowest BCUT2D eigenvalue weighted by Crippen LogP contribution is -2.49. The number of hydrogen-bond donors (Lipinski definition) is 1. The van der Waals surface area contributed by atoms with Crippen LogP contribution in [-0.2, 0) is 18.7 Å². The fraction of sp³-hybridized carbons (Fsp3) is 0.522. The first-order valence-corrected chi connectivity index (χ1v) is 14.5. The smallest absolute Gasteiger partial charge is 0.330 e. The minimum absolute atomic E-state index is 0.0220. The molecular formula is C23H34N2O6SSi. The first kappa shape index (κ1) is 27.0. The molecule has 2 rings (SSSR count). The molecule has 1 heterocycles. The van der Waals surface area contributed by atoms with Gasteiger partial charge in [-0.15, -0.1) is 11.3 Å². The van der Waals surface area contributed by atoms with Crippen LogP contribution in [0, 0.1) is 0 Å². The van der Waals surface area contributed by atoms with Gasteiger partial charge in [-0.3, -0.25) is 4.79 Å². The highest BCUT2D eigenvalue weighted by atomic mass is 32.1. The number of amides is 1. The molecule has 1 N–H and O–H groups in total. The van der Waals surface area contributed by atoms with E-state index in [4.69, 9.17) is 18.6 Å². The second kappa shape index (κ2) is 11.7. The van der Waals surface area contributed by atoms with Crippen LogP contribution in [-0.4, -0.2) is 65.3 Å². The monoisotopic (exact) mass is 494 g/mol. The average molecular weight is 495 g/mol. The summed E-state index contributed by atoms with van der Waals surface area (Å²) >= 11 is 1.35. The van der Waals surface area contributed by atoms with E-state index in [2.05, 4.69) is 44.2 Å². The fourth-order valence-corrected chi connectivity index (χ4v) is 4.32. The van der Waals surface area contributed by atoms with E-state index < -0.39 is 26.2 Å². The predicted molar refractivity (Wildman–Crippen MR) is 131 cm³/mol. The zero-order chi connectivity index (χ0) is 24.6. The molecule has 0 fully saturated rings. The largest absolute Gasteiger partial charge is 0.491 e. The Morgan fingerprint density at radius 3 is 2.36 bits per heavy atom. The van der Waals surface area contributed by atoms with Gasteiger partial charge in [-0.2, -0.15) is 0 Å². The van der Waals surface area contributed by atoms with Crippen LogP contribution in [0.25, 0.3) is 10.6 Å². The number of rotatable bonds is 11. The van der Waals surface area contributed by atoms with E-state index in [0.29, 0.717) is 18.2 Å². The molecule has 2 aromatic rings. The van der Waals surface area contributed by atoms with Gasteiger partial charge in [0.15, 0.2) is 8.32 Å². The van der Waals surface area contributed by atoms with E-state index in [0.717, 1.165) is 11.3 Å². The van der Waals surface area contributed by atoms with Crippen molar-refractivity contribution in [3.05, 3.63) is 35.3 Å². The number of esters is 1. The molecule has 0 aliphatic heterocycles. The molecule has 0 aliphatic rings. The molecule has 1 atom stereocenters. The summed E-state index contributed by atoms with van der Waals surface area (Å²) in [6, 6.07) is 6.54. The van der Waals surface area contributed by atoms with E-state index in [-0.39, 0.29) is 17.3 Å². The van der Waals surface area contributed by atoms with Crippen molar-refractivity contribution in [2.75, 3.05) is 34.0 Å². The lowest BCUT2D eigenvalue weighted by atomic mass is 10.2. The number of methoxy groups -OCH3 is 2. The third-order valence-corrected chi connectivity index (χ3v) is 11.0. The summed E-state index contributed by atoms with van der Waals surface area (Å²) in [5.74, 6) is -0.277. The van der Waals surface area contributed by atoms with Crippen molar-refractivity contribution in [2.45, 2.75) is 44.9 Å². The third-order valence-electron chi connectivity index (χ3n) is 5.60. The second-order valence-electron chi connectivity index (χ2n) is 9.02. The standard InChI is InChI=1S/C23H34N2O6SSi/c1-23(2,3)33(6,7)31-14-18(22(27)29-5)24-20(26)19-15-32-21(25-19)16-8-10-17(11-9-16)30-13-12-28-4/h8-11,15,18H,12-14H2,1-7H3,(H,24,26)/t18-/m0/s1. The van der Waals surface area contributed by atoms with Gasteiger partial charge < -0.3 is 24.0 Å². The second-order valence-corrected chi connectivity index (χ2v) is 14.7. The van der Waals surface area contributed by atoms with Crippen LogP contribution in [0.4, 0.5) is 0 Å². The van der Waals surface area contributed by atoms with Crippen molar-refractivity contribution in [3.63, 3.8) is 0 Å². The average Bonchev–Trinajstić information content (AvgIpc) is 3.26. The molecule has 0 aliphatic carbocycles. The summed E-state index contributed by atoms with van der Waals surface area (Å²) in [4.78, 5) is 29.5. The van der Waals surface area contributed by atoms with Gasteiger partial charge in [0.1, 0.15) is 29.1 Å². The van der Waals surface area contributed by atoms with Crippen LogP contribution in [0.15, 0.2) is 29.6 Å². The molecule has 0 spiro atoms. The first-order valence-electron chi connectivity index (χ1n) is 10.7. The van der Waals surface area contributed by atoms with E-state index in [1.165, 1.54) is 18.4 Å². The SMILES string of the molecule is COCCOc1ccc(-c2nc(C(=O)N[C@@H](CO[Si](C)(C)C(C)(C)C)C(=O)OC)cs2)cc1. The number of nitrogens with zero attached hydrogens (tertiary/aromatic N) is 1. The highest BCUT2D eigenvalue weighted by Gasteiger charge is 2.38. The van der Waals surface area contributed by atoms with Crippen LogP contribution in [0.3, 0.4) is 0 Å². The van der Waals surface area contributed by atoms with Crippen LogP contribution in [0.2, 0.25) is 18.1 Å². The Balaban J connectivity index is 2.05. The number of hydrogen-bond acceptors (Lipinski definition) is 8. The van der Waals surface area contributed by atoms with Crippen LogP contribution in [0.5, 0.6) is 5.75 Å². The Morgan fingerprint density at radius 2 is 1.79 bits per heavy atom. The van der Waals surface area contributed by atoms with Crippen molar-refractivity contribution in [1.82, 2.24) is 10.3 Å². The number of carbonyl (C=O) groups is 2. The van der Waals surface area contributed by atoms with E-state index in [9.17, 15) is 9.59 Å². The lowest BCUT2D eigenvalue weighted by molar-refractivity contribution is -0.143. The maximum atomic E-state index is 12.8. The van der Waals surface area contributed by atoms with Gasteiger partial charge in [-0.05, 0) is 42.4 Å². The van der Waals surface area contributed by atoms with Gasteiger partial charge in [0.25, 0.3) is 5.91 Å². The van der Waals surface area contributed by atoms with Gasteiger partial charge in [0.05, 0.1) is 20.3 Å². The van der Waals surface area contributed by atoms with Gasteiger partial charge >= 0.3 is 5.97 Å². The summed E-state index contributed by atoms with van der Waals surface area (Å²) in [5, 5.41) is 5.04. The molecule has 0 saturated carbocycles. The number of carbonyl (C=O) groups excluding carboxylic acids is 2. The number of aromatic nitrogens is 1. The molecule has 1 aromatic carbocycles. The first-order chi connectivity index (χ1) is 15.5. The zero-order valence-corrected chi connectivity index (χ0v) is 22.2.